The van der Waals surface area contributed by atoms with E-state index in [1.165, 1.54) is 18.2 Å². The van der Waals surface area contributed by atoms with Crippen LogP contribution in [0.3, 0.4) is 0 Å². The minimum Gasteiger partial charge on any atom is -0.326 e. The average molecular weight is 418 g/mol. The van der Waals surface area contributed by atoms with E-state index in [0.717, 1.165) is 37.1 Å². The summed E-state index contributed by atoms with van der Waals surface area (Å²) in [6.07, 6.45) is 3.02. The van der Waals surface area contributed by atoms with Gasteiger partial charge in [-0.15, -0.1) is 0 Å². The number of hydrogen-bond acceptors (Lipinski definition) is 4. The Kier molecular flexibility index (Phi) is 5.67. The Labute approximate surface area is 170 Å². The third-order valence-electron chi connectivity index (χ3n) is 5.59. The maximum Gasteiger partial charge on any atom is 0.240 e. The summed E-state index contributed by atoms with van der Waals surface area (Å²) in [7, 11) is -3.71. The van der Waals surface area contributed by atoms with E-state index in [2.05, 4.69) is 14.9 Å². The lowest BCUT2D eigenvalue weighted by molar-refractivity contribution is -0.116. The number of halogens is 1. The fourth-order valence-corrected chi connectivity index (χ4v) is 5.08. The number of anilines is 1. The zero-order valence-electron chi connectivity index (χ0n) is 16.0. The number of aryl methyl sites for hydroxylation is 1. The van der Waals surface area contributed by atoms with E-state index in [1.54, 1.807) is 24.3 Å². The molecule has 2 aromatic carbocycles. The van der Waals surface area contributed by atoms with Gasteiger partial charge in [0, 0.05) is 24.7 Å². The molecule has 2 aliphatic heterocycles. The van der Waals surface area contributed by atoms with Crippen molar-refractivity contribution in [3.05, 3.63) is 59.4 Å². The van der Waals surface area contributed by atoms with Crippen LogP contribution in [0, 0.1) is 5.82 Å². The van der Waals surface area contributed by atoms with Crippen LogP contribution < -0.4 is 10.0 Å². The third-order valence-corrected chi connectivity index (χ3v) is 7.01. The van der Waals surface area contributed by atoms with E-state index in [1.807, 2.05) is 0 Å². The van der Waals surface area contributed by atoms with Crippen LogP contribution in [0.4, 0.5) is 10.1 Å². The lowest BCUT2D eigenvalue weighted by Crippen LogP contribution is -2.36. The molecule has 0 spiro atoms. The molecular formula is C21H24FN3O3S. The number of sulfonamides is 1. The number of nitrogens with zero attached hydrogens (tertiary/aromatic N) is 1. The molecular weight excluding hydrogens is 393 g/mol. The Balaban J connectivity index is 1.53. The van der Waals surface area contributed by atoms with Crippen LogP contribution in [0.2, 0.25) is 0 Å². The topological polar surface area (TPSA) is 78.5 Å². The van der Waals surface area contributed by atoms with Crippen molar-refractivity contribution in [3.8, 4) is 0 Å². The fraction of sp³-hybridized carbons (Fsp3) is 0.381. The lowest BCUT2D eigenvalue weighted by atomic mass is 10.0. The van der Waals surface area contributed by atoms with E-state index in [9.17, 15) is 17.6 Å². The summed E-state index contributed by atoms with van der Waals surface area (Å²) in [5.74, 6) is -0.366. The predicted molar refractivity (Wildman–Crippen MR) is 109 cm³/mol. The predicted octanol–water partition coefficient (Wildman–Crippen LogP) is 2.83. The van der Waals surface area contributed by atoms with Crippen molar-refractivity contribution >= 4 is 21.6 Å². The minimum absolute atomic E-state index is 0.0565. The number of hydrogen-bond donors (Lipinski definition) is 2. The lowest BCUT2D eigenvalue weighted by Gasteiger charge is -2.28. The van der Waals surface area contributed by atoms with Crippen molar-refractivity contribution in [2.45, 2.75) is 36.6 Å². The molecule has 4 rings (SSSR count). The number of rotatable bonds is 6. The Morgan fingerprint density at radius 2 is 1.79 bits per heavy atom. The SMILES string of the molecule is O=C1CCc2cc(S(=O)(=O)NCC(c3ccc(F)cc3)N3CCCC3)ccc2N1. The molecule has 1 amide bonds. The number of amides is 1. The van der Waals surface area contributed by atoms with Gasteiger partial charge in [0.25, 0.3) is 0 Å². The molecule has 8 heteroatoms. The van der Waals surface area contributed by atoms with E-state index < -0.39 is 10.0 Å². The quantitative estimate of drug-likeness (QED) is 0.758. The van der Waals surface area contributed by atoms with Crippen molar-refractivity contribution in [2.24, 2.45) is 0 Å². The summed E-state index contributed by atoms with van der Waals surface area (Å²) >= 11 is 0. The van der Waals surface area contributed by atoms with Crippen molar-refractivity contribution in [1.29, 1.82) is 0 Å². The summed E-state index contributed by atoms with van der Waals surface area (Å²) in [5.41, 5.74) is 2.38. The van der Waals surface area contributed by atoms with Crippen LogP contribution in [0.15, 0.2) is 47.4 Å². The van der Waals surface area contributed by atoms with E-state index >= 15 is 0 Å². The number of carbonyl (C=O) groups excluding carboxylic acids is 1. The first-order valence-electron chi connectivity index (χ1n) is 9.84. The van der Waals surface area contributed by atoms with Gasteiger partial charge in [0.05, 0.1) is 4.90 Å². The first kappa shape index (κ1) is 20.0. The Morgan fingerprint density at radius 1 is 1.07 bits per heavy atom. The highest BCUT2D eigenvalue weighted by Gasteiger charge is 2.26. The molecule has 0 aromatic heterocycles. The van der Waals surface area contributed by atoms with Crippen LogP contribution in [0.5, 0.6) is 0 Å². The normalized spacial score (nSPS) is 18.3. The molecule has 2 heterocycles. The molecule has 2 aliphatic rings. The number of carbonyl (C=O) groups is 1. The van der Waals surface area contributed by atoms with Crippen LogP contribution >= 0.6 is 0 Å². The summed E-state index contributed by atoms with van der Waals surface area (Å²) < 4.78 is 41.9. The second-order valence-corrected chi connectivity index (χ2v) is 9.30. The number of benzene rings is 2. The van der Waals surface area contributed by atoms with Crippen LogP contribution in [-0.4, -0.2) is 38.9 Å². The van der Waals surface area contributed by atoms with Gasteiger partial charge in [0.2, 0.25) is 15.9 Å². The van der Waals surface area contributed by atoms with Gasteiger partial charge >= 0.3 is 0 Å². The van der Waals surface area contributed by atoms with Gasteiger partial charge < -0.3 is 5.32 Å². The molecule has 1 atom stereocenters. The average Bonchev–Trinajstić information content (AvgIpc) is 3.23. The molecule has 0 aliphatic carbocycles. The molecule has 2 aromatic rings. The van der Waals surface area contributed by atoms with Gasteiger partial charge in [-0.05, 0) is 73.8 Å². The van der Waals surface area contributed by atoms with Crippen LogP contribution in [0.1, 0.15) is 36.4 Å². The molecule has 0 bridgehead atoms. The molecule has 154 valence electrons. The Hall–Kier alpha value is -2.29. The highest BCUT2D eigenvalue weighted by atomic mass is 32.2. The summed E-state index contributed by atoms with van der Waals surface area (Å²) in [6, 6.07) is 10.9. The fourth-order valence-electron chi connectivity index (χ4n) is 3.99. The number of fused-ring (bicyclic) bond motifs is 1. The van der Waals surface area contributed by atoms with Gasteiger partial charge in [-0.1, -0.05) is 12.1 Å². The minimum atomic E-state index is -3.71. The molecule has 0 saturated carbocycles. The van der Waals surface area contributed by atoms with E-state index in [-0.39, 0.29) is 29.2 Å². The number of nitrogens with one attached hydrogen (secondary N) is 2. The van der Waals surface area contributed by atoms with Crippen molar-refractivity contribution < 1.29 is 17.6 Å². The van der Waals surface area contributed by atoms with Crippen molar-refractivity contribution in [1.82, 2.24) is 9.62 Å². The van der Waals surface area contributed by atoms with Gasteiger partial charge in [-0.3, -0.25) is 9.69 Å². The molecule has 1 unspecified atom stereocenters. The second kappa shape index (κ2) is 8.22. The first-order valence-corrected chi connectivity index (χ1v) is 11.3. The first-order chi connectivity index (χ1) is 13.9. The Morgan fingerprint density at radius 3 is 2.52 bits per heavy atom. The molecule has 29 heavy (non-hydrogen) atoms. The van der Waals surface area contributed by atoms with Crippen LogP contribution in [-0.2, 0) is 21.2 Å². The zero-order chi connectivity index (χ0) is 20.4. The van der Waals surface area contributed by atoms with Gasteiger partial charge in [0.15, 0.2) is 0 Å². The second-order valence-electron chi connectivity index (χ2n) is 7.53. The maximum atomic E-state index is 13.3. The summed E-state index contributed by atoms with van der Waals surface area (Å²) in [6.45, 7) is 1.99. The molecule has 1 fully saturated rings. The number of likely N-dealkylation sites (tertiary alicyclic amines) is 1. The summed E-state index contributed by atoms with van der Waals surface area (Å²) in [4.78, 5) is 13.9. The van der Waals surface area contributed by atoms with Gasteiger partial charge in [-0.2, -0.15) is 0 Å². The molecule has 6 nitrogen and oxygen atoms in total. The highest BCUT2D eigenvalue weighted by molar-refractivity contribution is 7.89. The van der Waals surface area contributed by atoms with E-state index in [0.29, 0.717) is 18.5 Å². The Bertz CT molecular complexity index is 1000. The van der Waals surface area contributed by atoms with Crippen LogP contribution in [0.25, 0.3) is 0 Å². The molecule has 0 radical (unpaired) electrons. The zero-order valence-corrected chi connectivity index (χ0v) is 16.8. The largest absolute Gasteiger partial charge is 0.326 e. The van der Waals surface area contributed by atoms with E-state index in [4.69, 9.17) is 0 Å². The third kappa shape index (κ3) is 4.49. The van der Waals surface area contributed by atoms with Gasteiger partial charge in [-0.25, -0.2) is 17.5 Å². The van der Waals surface area contributed by atoms with Crippen molar-refractivity contribution in [3.63, 3.8) is 0 Å². The standard InChI is InChI=1S/C21H24FN3O3S/c22-17-6-3-15(4-7-17)20(25-11-1-2-12-25)14-23-29(27,28)18-8-9-19-16(13-18)5-10-21(26)24-19/h3-4,6-9,13,20,23H,1-2,5,10-12,14H2,(H,24,26). The smallest absolute Gasteiger partial charge is 0.240 e. The summed E-state index contributed by atoms with van der Waals surface area (Å²) in [5, 5.41) is 2.76. The molecule has 2 N–H and O–H groups in total. The molecule has 1 saturated heterocycles. The van der Waals surface area contributed by atoms with Crippen molar-refractivity contribution in [2.75, 3.05) is 25.0 Å². The maximum absolute atomic E-state index is 13.3. The monoisotopic (exact) mass is 417 g/mol. The van der Waals surface area contributed by atoms with Gasteiger partial charge in [0.1, 0.15) is 5.82 Å². The highest BCUT2D eigenvalue weighted by Crippen LogP contribution is 2.27.